The number of piperazine rings is 1. The summed E-state index contributed by atoms with van der Waals surface area (Å²) in [6, 6.07) is 15.7. The zero-order valence-corrected chi connectivity index (χ0v) is 24.4. The Balaban J connectivity index is 0.000000389. The zero-order valence-electron chi connectivity index (χ0n) is 21.2. The summed E-state index contributed by atoms with van der Waals surface area (Å²) in [5, 5.41) is 0.841. The van der Waals surface area contributed by atoms with Crippen LogP contribution < -0.4 is 0 Å². The molecule has 0 spiro atoms. The van der Waals surface area contributed by atoms with E-state index in [0.29, 0.717) is 18.6 Å². The number of nitrogens with zero attached hydrogens (tertiary/aromatic N) is 2. The lowest BCUT2D eigenvalue weighted by molar-refractivity contribution is 0.0410. The van der Waals surface area contributed by atoms with Crippen LogP contribution in [0.5, 0.6) is 0 Å². The lowest BCUT2D eigenvalue weighted by atomic mass is 9.96. The molecule has 202 valence electrons. The first-order chi connectivity index (χ1) is 16.4. The lowest BCUT2D eigenvalue weighted by Gasteiger charge is -2.44. The molecule has 1 unspecified atom stereocenters. The number of halogens is 1. The largest absolute Gasteiger partial charge is 0.296 e. The van der Waals surface area contributed by atoms with Crippen LogP contribution in [0.15, 0.2) is 52.3 Å². The Morgan fingerprint density at radius 2 is 1.42 bits per heavy atom. The number of rotatable bonds is 1. The van der Waals surface area contributed by atoms with Crippen molar-refractivity contribution in [3.05, 3.63) is 58.6 Å². The molecule has 2 aliphatic heterocycles. The van der Waals surface area contributed by atoms with Gasteiger partial charge in [0.1, 0.15) is 0 Å². The van der Waals surface area contributed by atoms with Gasteiger partial charge in [-0.15, -0.1) is 0 Å². The van der Waals surface area contributed by atoms with Gasteiger partial charge in [0.05, 0.1) is 12.5 Å². The monoisotopic (exact) mass is 578 g/mol. The zero-order chi connectivity index (χ0) is 27.3. The van der Waals surface area contributed by atoms with E-state index in [1.807, 2.05) is 17.8 Å². The number of hydrogen-bond donors (Lipinski definition) is 2. The van der Waals surface area contributed by atoms with Crippen molar-refractivity contribution in [3.63, 3.8) is 0 Å². The SMILES string of the molecule is CC(C)(C)N1CCN(C2Cc3ccccc3Sc3ccc(Cl)cc32)CC1.CS(=O)(=O)O.CS(=O)(=O)O. The fraction of sp³-hybridized carbons (Fsp3) is 0.500. The molecule has 1 saturated heterocycles. The molecule has 0 radical (unpaired) electrons. The number of benzene rings is 2. The van der Waals surface area contributed by atoms with E-state index in [-0.39, 0.29) is 5.54 Å². The van der Waals surface area contributed by atoms with Gasteiger partial charge in [-0.1, -0.05) is 41.6 Å². The van der Waals surface area contributed by atoms with Gasteiger partial charge in [0.15, 0.2) is 0 Å². The molecule has 0 aliphatic carbocycles. The lowest BCUT2D eigenvalue weighted by Crippen LogP contribution is -2.54. The highest BCUT2D eigenvalue weighted by molar-refractivity contribution is 7.99. The summed E-state index contributed by atoms with van der Waals surface area (Å²) in [6.45, 7) is 11.4. The summed E-state index contributed by atoms with van der Waals surface area (Å²) in [5.41, 5.74) is 3.09. The molecule has 0 bridgehead atoms. The topological polar surface area (TPSA) is 115 Å². The van der Waals surface area contributed by atoms with Crippen LogP contribution >= 0.6 is 23.4 Å². The third-order valence-corrected chi connectivity index (χ3v) is 7.09. The Labute approximate surface area is 224 Å². The highest BCUT2D eigenvalue weighted by Crippen LogP contribution is 2.43. The quantitative estimate of drug-likeness (QED) is 0.471. The minimum Gasteiger partial charge on any atom is -0.296 e. The molecule has 2 aromatic rings. The van der Waals surface area contributed by atoms with Crippen molar-refractivity contribution in [2.75, 3.05) is 38.7 Å². The molecule has 8 nitrogen and oxygen atoms in total. The predicted molar refractivity (Wildman–Crippen MR) is 146 cm³/mol. The molecular formula is C24H35ClN2O6S3. The molecule has 1 atom stereocenters. The van der Waals surface area contributed by atoms with Crippen molar-refractivity contribution in [3.8, 4) is 0 Å². The Hall–Kier alpha value is -1.18. The van der Waals surface area contributed by atoms with Gasteiger partial charge < -0.3 is 0 Å². The van der Waals surface area contributed by atoms with Gasteiger partial charge in [0.2, 0.25) is 0 Å². The van der Waals surface area contributed by atoms with Crippen molar-refractivity contribution >= 4 is 43.6 Å². The van der Waals surface area contributed by atoms with Crippen LogP contribution in [0.2, 0.25) is 5.02 Å². The fourth-order valence-corrected chi connectivity index (χ4v) is 5.41. The average molecular weight is 579 g/mol. The van der Waals surface area contributed by atoms with Crippen LogP contribution in [-0.4, -0.2) is 80.0 Å². The van der Waals surface area contributed by atoms with Gasteiger partial charge in [-0.05, 0) is 62.6 Å². The van der Waals surface area contributed by atoms with Crippen molar-refractivity contribution in [2.24, 2.45) is 0 Å². The Bertz CT molecular complexity index is 1190. The van der Waals surface area contributed by atoms with Crippen LogP contribution in [0.4, 0.5) is 0 Å². The maximum absolute atomic E-state index is 9.19. The van der Waals surface area contributed by atoms with Gasteiger partial charge in [0, 0.05) is 52.6 Å². The predicted octanol–water partition coefficient (Wildman–Crippen LogP) is 4.51. The number of fused-ring (bicyclic) bond motifs is 2. The summed E-state index contributed by atoms with van der Waals surface area (Å²) in [4.78, 5) is 8.00. The summed E-state index contributed by atoms with van der Waals surface area (Å²) in [6.07, 6.45) is 2.49. The fourth-order valence-electron chi connectivity index (χ4n) is 4.11. The third-order valence-electron chi connectivity index (χ3n) is 5.64. The van der Waals surface area contributed by atoms with Crippen molar-refractivity contribution in [1.82, 2.24) is 9.80 Å². The second-order valence-electron chi connectivity index (χ2n) is 9.77. The van der Waals surface area contributed by atoms with E-state index >= 15 is 0 Å². The standard InChI is InChI=1S/C22H27ClN2S.2CH4O3S/c1-22(2,3)25-12-10-24(11-13-25)19-14-16-6-4-5-7-20(16)26-21-9-8-17(23)15-18(19)21;2*1-5(2,3)4/h4-9,15,19H,10-14H2,1-3H3;2*1H3,(H,2,3,4). The first-order valence-electron chi connectivity index (χ1n) is 11.3. The van der Waals surface area contributed by atoms with Crippen molar-refractivity contribution in [2.45, 2.75) is 48.6 Å². The van der Waals surface area contributed by atoms with Crippen LogP contribution in [0, 0.1) is 0 Å². The third kappa shape index (κ3) is 11.1. The summed E-state index contributed by atoms with van der Waals surface area (Å²) >= 11 is 8.28. The minimum atomic E-state index is -3.67. The highest BCUT2D eigenvalue weighted by Gasteiger charge is 2.32. The van der Waals surface area contributed by atoms with Crippen LogP contribution in [0.25, 0.3) is 0 Å². The van der Waals surface area contributed by atoms with Crippen molar-refractivity contribution < 1.29 is 25.9 Å². The normalized spacial score (nSPS) is 18.9. The molecule has 4 rings (SSSR count). The molecule has 0 amide bonds. The van der Waals surface area contributed by atoms with E-state index < -0.39 is 20.2 Å². The second kappa shape index (κ2) is 12.6. The molecule has 0 saturated carbocycles. The van der Waals surface area contributed by atoms with Crippen molar-refractivity contribution in [1.29, 1.82) is 0 Å². The van der Waals surface area contributed by atoms with E-state index in [0.717, 1.165) is 37.6 Å². The van der Waals surface area contributed by atoms with E-state index in [2.05, 4.69) is 67.0 Å². The maximum atomic E-state index is 9.19. The molecular weight excluding hydrogens is 544 g/mol. The Morgan fingerprint density at radius 3 is 1.94 bits per heavy atom. The minimum absolute atomic E-state index is 0.249. The highest BCUT2D eigenvalue weighted by atomic mass is 35.5. The first-order valence-corrected chi connectivity index (χ1v) is 16.2. The summed E-state index contributed by atoms with van der Waals surface area (Å²) < 4.78 is 51.7. The van der Waals surface area contributed by atoms with Crippen LogP contribution in [0.3, 0.4) is 0 Å². The first kappa shape index (κ1) is 31.0. The van der Waals surface area contributed by atoms with Gasteiger partial charge in [-0.25, -0.2) is 0 Å². The average Bonchev–Trinajstić information content (AvgIpc) is 2.87. The second-order valence-corrected chi connectivity index (χ2v) is 14.2. The molecule has 12 heteroatoms. The maximum Gasteiger partial charge on any atom is 0.261 e. The molecule has 2 aromatic carbocycles. The van der Waals surface area contributed by atoms with E-state index in [1.165, 1.54) is 20.9 Å². The Morgan fingerprint density at radius 1 is 0.889 bits per heavy atom. The summed E-state index contributed by atoms with van der Waals surface area (Å²) in [7, 11) is -7.33. The van der Waals surface area contributed by atoms with E-state index in [1.54, 1.807) is 0 Å². The smallest absolute Gasteiger partial charge is 0.261 e. The van der Waals surface area contributed by atoms with E-state index in [4.69, 9.17) is 20.7 Å². The molecule has 2 aliphatic rings. The molecule has 2 N–H and O–H groups in total. The van der Waals surface area contributed by atoms with Gasteiger partial charge in [-0.2, -0.15) is 16.8 Å². The van der Waals surface area contributed by atoms with Gasteiger partial charge in [-0.3, -0.25) is 18.9 Å². The van der Waals surface area contributed by atoms with Crippen LogP contribution in [-0.2, 0) is 26.7 Å². The molecule has 0 aromatic heterocycles. The number of hydrogen-bond acceptors (Lipinski definition) is 7. The Kier molecular flexibility index (Phi) is 10.8. The molecule has 1 fully saturated rings. The van der Waals surface area contributed by atoms with Gasteiger partial charge >= 0.3 is 0 Å². The van der Waals surface area contributed by atoms with E-state index in [9.17, 15) is 16.8 Å². The van der Waals surface area contributed by atoms with Crippen LogP contribution in [0.1, 0.15) is 37.9 Å². The van der Waals surface area contributed by atoms with Gasteiger partial charge in [0.25, 0.3) is 20.2 Å². The summed E-state index contributed by atoms with van der Waals surface area (Å²) in [5.74, 6) is 0. The molecule has 2 heterocycles. The molecule has 36 heavy (non-hydrogen) atoms.